The fourth-order valence-corrected chi connectivity index (χ4v) is 3.15. The number of halogens is 1. The van der Waals surface area contributed by atoms with Crippen LogP contribution in [0.15, 0.2) is 53.0 Å². The summed E-state index contributed by atoms with van der Waals surface area (Å²) in [7, 11) is 0. The van der Waals surface area contributed by atoms with E-state index < -0.39 is 17.4 Å². The van der Waals surface area contributed by atoms with Crippen LogP contribution in [0.2, 0.25) is 0 Å². The van der Waals surface area contributed by atoms with E-state index in [1.807, 2.05) is 6.07 Å². The molecule has 0 N–H and O–H groups in total. The summed E-state index contributed by atoms with van der Waals surface area (Å²) in [4.78, 5) is 25.4. The van der Waals surface area contributed by atoms with Crippen molar-refractivity contribution in [1.29, 1.82) is 0 Å². The van der Waals surface area contributed by atoms with Gasteiger partial charge in [0.1, 0.15) is 5.75 Å². The average molecular weight is 361 g/mol. The van der Waals surface area contributed by atoms with Gasteiger partial charge in [0.2, 0.25) is 5.41 Å². The number of hydrogen-bond acceptors (Lipinski definition) is 4. The minimum atomic E-state index is -1.57. The summed E-state index contributed by atoms with van der Waals surface area (Å²) in [6, 6.07) is 14.1. The maximum Gasteiger partial charge on any atom is 0.338 e. The molecule has 0 radical (unpaired) electrons. The first kappa shape index (κ1) is 14.8. The Balaban J connectivity index is 2.31. The summed E-state index contributed by atoms with van der Waals surface area (Å²) < 4.78 is 11.2. The second-order valence-corrected chi connectivity index (χ2v) is 5.70. The van der Waals surface area contributed by atoms with Gasteiger partial charge in [-0.1, -0.05) is 42.5 Å². The number of benzene rings is 2. The number of hydrogen-bond donors (Lipinski definition) is 0. The lowest BCUT2D eigenvalue weighted by Crippen LogP contribution is -2.44. The van der Waals surface area contributed by atoms with E-state index in [2.05, 4.69) is 15.9 Å². The fraction of sp³-hybridized carbons (Fsp3) is 0.176. The van der Waals surface area contributed by atoms with E-state index in [9.17, 15) is 9.59 Å². The van der Waals surface area contributed by atoms with Crippen molar-refractivity contribution < 1.29 is 19.1 Å². The van der Waals surface area contributed by atoms with Crippen molar-refractivity contribution in [3.05, 3.63) is 64.1 Å². The molecule has 2 aromatic rings. The van der Waals surface area contributed by atoms with Crippen LogP contribution in [0, 0.1) is 0 Å². The Labute approximate surface area is 136 Å². The molecule has 0 aromatic heterocycles. The highest BCUT2D eigenvalue weighted by molar-refractivity contribution is 9.10. The van der Waals surface area contributed by atoms with Gasteiger partial charge in [0.25, 0.3) is 0 Å². The van der Waals surface area contributed by atoms with Crippen LogP contribution in [0.3, 0.4) is 0 Å². The van der Waals surface area contributed by atoms with Gasteiger partial charge in [-0.3, -0.25) is 4.79 Å². The monoisotopic (exact) mass is 360 g/mol. The molecule has 0 aliphatic carbocycles. The van der Waals surface area contributed by atoms with Crippen LogP contribution in [0.5, 0.6) is 5.75 Å². The third-order valence-electron chi connectivity index (χ3n) is 3.66. The van der Waals surface area contributed by atoms with E-state index in [1.54, 1.807) is 49.4 Å². The summed E-state index contributed by atoms with van der Waals surface area (Å²) in [6.07, 6.45) is 0. The molecular formula is C17H13BrO4. The number of carbonyl (C=O) groups is 2. The van der Waals surface area contributed by atoms with Crippen molar-refractivity contribution in [2.24, 2.45) is 0 Å². The Morgan fingerprint density at radius 3 is 2.59 bits per heavy atom. The van der Waals surface area contributed by atoms with Crippen molar-refractivity contribution in [3.63, 3.8) is 0 Å². The Morgan fingerprint density at radius 2 is 1.91 bits per heavy atom. The zero-order valence-corrected chi connectivity index (χ0v) is 13.4. The zero-order chi connectivity index (χ0) is 15.7. The number of esters is 2. The number of para-hydroxylation sites is 1. The van der Waals surface area contributed by atoms with E-state index in [-0.39, 0.29) is 6.61 Å². The van der Waals surface area contributed by atoms with Crippen molar-refractivity contribution in [3.8, 4) is 5.75 Å². The first-order valence-corrected chi connectivity index (χ1v) is 7.65. The summed E-state index contributed by atoms with van der Waals surface area (Å²) in [5, 5.41) is 0. The topological polar surface area (TPSA) is 52.6 Å². The molecule has 0 spiro atoms. The van der Waals surface area contributed by atoms with Crippen molar-refractivity contribution in [2.45, 2.75) is 12.3 Å². The molecule has 0 fully saturated rings. The standard InChI is InChI=1S/C17H13BrO4/c1-2-21-15(19)17(11-7-4-3-5-8-11)12-9-6-10-13(18)14(12)22-16(17)20/h3-10H,2H2,1H3. The molecule has 1 heterocycles. The smallest absolute Gasteiger partial charge is 0.338 e. The third kappa shape index (κ3) is 1.96. The van der Waals surface area contributed by atoms with E-state index in [1.165, 1.54) is 0 Å². The normalized spacial score (nSPS) is 19.5. The number of carbonyl (C=O) groups excluding carboxylic acids is 2. The second kappa shape index (κ2) is 5.57. The maximum absolute atomic E-state index is 12.7. The number of fused-ring (bicyclic) bond motifs is 1. The summed E-state index contributed by atoms with van der Waals surface area (Å²) >= 11 is 3.36. The number of ether oxygens (including phenoxy) is 2. The minimum Gasteiger partial charge on any atom is -0.465 e. The molecule has 1 unspecified atom stereocenters. The highest BCUT2D eigenvalue weighted by atomic mass is 79.9. The van der Waals surface area contributed by atoms with Gasteiger partial charge in [-0.05, 0) is 34.5 Å². The average Bonchev–Trinajstić information content (AvgIpc) is 2.83. The van der Waals surface area contributed by atoms with Crippen LogP contribution >= 0.6 is 15.9 Å². The lowest BCUT2D eigenvalue weighted by molar-refractivity contribution is -0.155. The van der Waals surface area contributed by atoms with Gasteiger partial charge in [-0.2, -0.15) is 0 Å². The molecule has 1 aliphatic rings. The van der Waals surface area contributed by atoms with Crippen LogP contribution in [0.4, 0.5) is 0 Å². The Kier molecular flexibility index (Phi) is 3.74. The minimum absolute atomic E-state index is 0.185. The van der Waals surface area contributed by atoms with Gasteiger partial charge in [-0.25, -0.2) is 4.79 Å². The quantitative estimate of drug-likeness (QED) is 0.479. The van der Waals surface area contributed by atoms with Gasteiger partial charge in [0, 0.05) is 5.56 Å². The highest BCUT2D eigenvalue weighted by Crippen LogP contribution is 2.48. The van der Waals surface area contributed by atoms with Crippen molar-refractivity contribution in [2.75, 3.05) is 6.61 Å². The highest BCUT2D eigenvalue weighted by Gasteiger charge is 2.58. The van der Waals surface area contributed by atoms with Crippen molar-refractivity contribution >= 4 is 27.9 Å². The molecule has 4 nitrogen and oxygen atoms in total. The SMILES string of the molecule is CCOC(=O)C1(c2ccccc2)C(=O)Oc2c(Br)cccc21. The van der Waals surface area contributed by atoms with Crippen LogP contribution in [0.1, 0.15) is 18.1 Å². The molecule has 112 valence electrons. The van der Waals surface area contributed by atoms with Crippen LogP contribution in [0.25, 0.3) is 0 Å². The molecule has 22 heavy (non-hydrogen) atoms. The summed E-state index contributed by atoms with van der Waals surface area (Å²) in [6.45, 7) is 1.89. The van der Waals surface area contributed by atoms with Crippen LogP contribution < -0.4 is 4.74 Å². The molecule has 0 amide bonds. The molecule has 0 saturated heterocycles. The Morgan fingerprint density at radius 1 is 1.18 bits per heavy atom. The summed E-state index contributed by atoms with van der Waals surface area (Å²) in [5.41, 5.74) is -0.539. The molecule has 1 atom stereocenters. The Bertz CT molecular complexity index is 742. The molecule has 5 heteroatoms. The second-order valence-electron chi connectivity index (χ2n) is 4.84. The van der Waals surface area contributed by atoms with Crippen LogP contribution in [-0.4, -0.2) is 18.5 Å². The molecule has 0 saturated carbocycles. The largest absolute Gasteiger partial charge is 0.465 e. The molecular weight excluding hydrogens is 348 g/mol. The van der Waals surface area contributed by atoms with E-state index in [4.69, 9.17) is 9.47 Å². The molecule has 2 aromatic carbocycles. The maximum atomic E-state index is 12.7. The first-order valence-electron chi connectivity index (χ1n) is 6.86. The molecule has 0 bridgehead atoms. The van der Waals surface area contributed by atoms with Gasteiger partial charge in [-0.15, -0.1) is 0 Å². The molecule has 1 aliphatic heterocycles. The lowest BCUT2D eigenvalue weighted by atomic mass is 9.75. The van der Waals surface area contributed by atoms with Crippen molar-refractivity contribution in [1.82, 2.24) is 0 Å². The molecule has 3 rings (SSSR count). The van der Waals surface area contributed by atoms with Gasteiger partial charge < -0.3 is 9.47 Å². The van der Waals surface area contributed by atoms with Gasteiger partial charge >= 0.3 is 11.9 Å². The third-order valence-corrected chi connectivity index (χ3v) is 4.28. The fourth-order valence-electron chi connectivity index (χ4n) is 2.70. The van der Waals surface area contributed by atoms with Crippen LogP contribution in [-0.2, 0) is 19.7 Å². The zero-order valence-electron chi connectivity index (χ0n) is 11.8. The Hall–Kier alpha value is -2.14. The van der Waals surface area contributed by atoms with E-state index in [0.717, 1.165) is 0 Å². The number of rotatable bonds is 3. The van der Waals surface area contributed by atoms with E-state index >= 15 is 0 Å². The predicted octanol–water partition coefficient (Wildman–Crippen LogP) is 3.22. The van der Waals surface area contributed by atoms with Gasteiger partial charge in [0.15, 0.2) is 0 Å². The predicted molar refractivity (Wildman–Crippen MR) is 83.6 cm³/mol. The van der Waals surface area contributed by atoms with Gasteiger partial charge in [0.05, 0.1) is 11.1 Å². The van der Waals surface area contributed by atoms with E-state index in [0.29, 0.717) is 21.3 Å². The lowest BCUT2D eigenvalue weighted by Gasteiger charge is -2.24. The first-order chi connectivity index (χ1) is 10.6. The summed E-state index contributed by atoms with van der Waals surface area (Å²) in [5.74, 6) is -0.897.